The summed E-state index contributed by atoms with van der Waals surface area (Å²) in [5.74, 6) is 0. The summed E-state index contributed by atoms with van der Waals surface area (Å²) >= 11 is 3.09. The first-order valence-electron chi connectivity index (χ1n) is 0.447. The summed E-state index contributed by atoms with van der Waals surface area (Å²) < 4.78 is 0. The van der Waals surface area contributed by atoms with Gasteiger partial charge in [-0.05, 0) is 0 Å². The van der Waals surface area contributed by atoms with Gasteiger partial charge in [0.25, 0.3) is 0 Å². The fourth-order valence-electron chi connectivity index (χ4n) is 0. The average molecular weight is 323 g/mol. The van der Waals surface area contributed by atoms with Gasteiger partial charge in [0, 0.05) is 44.7 Å². The second-order valence-electron chi connectivity index (χ2n) is 0.100. The smallest absolute Gasteiger partial charge is 0.130 e. The van der Waals surface area contributed by atoms with Gasteiger partial charge in [-0.25, -0.2) is 0 Å². The predicted molar refractivity (Wildman–Crippen MR) is 14.6 cm³/mol. The maximum atomic E-state index is 7.18. The van der Waals surface area contributed by atoms with E-state index in [2.05, 4.69) is 12.6 Å². The molecule has 0 heterocycles. The van der Waals surface area contributed by atoms with Gasteiger partial charge in [-0.15, -0.1) is 0 Å². The molecule has 5 heavy (non-hydrogen) atoms. The van der Waals surface area contributed by atoms with E-state index in [-0.39, 0.29) is 44.7 Å². The molecule has 0 N–H and O–H groups in total. The second-order valence-corrected chi connectivity index (χ2v) is 0.300. The van der Waals surface area contributed by atoms with Crippen molar-refractivity contribution in [3.05, 3.63) is 0 Å². The van der Waals surface area contributed by atoms with E-state index >= 15 is 0 Å². The Morgan fingerprint density at radius 3 is 1.60 bits per heavy atom. The van der Waals surface area contributed by atoms with Crippen molar-refractivity contribution in [2.75, 3.05) is 0 Å². The van der Waals surface area contributed by atoms with Crippen LogP contribution < -0.4 is 0 Å². The molecule has 0 saturated heterocycles. The van der Waals surface area contributed by atoms with E-state index in [0.717, 1.165) is 0 Å². The summed E-state index contributed by atoms with van der Waals surface area (Å²) in [5.41, 5.74) is 0. The van der Waals surface area contributed by atoms with E-state index < -0.39 is 0 Å². The van der Waals surface area contributed by atoms with Crippen molar-refractivity contribution in [2.45, 2.75) is 0 Å². The van der Waals surface area contributed by atoms with Crippen molar-refractivity contribution in [2.24, 2.45) is 0 Å². The van der Waals surface area contributed by atoms with Crippen LogP contribution in [0.3, 0.4) is 0 Å². The Kier molecular flexibility index (Phi) is 60.3. The van der Waals surface area contributed by atoms with Crippen LogP contribution in [0.25, 0.3) is 0 Å². The van der Waals surface area contributed by atoms with Crippen LogP contribution in [0.2, 0.25) is 0 Å². The fraction of sp³-hybridized carbons (Fsp3) is 0. The SMILES string of the molecule is N#CS.[Cu].[Hg]. The molecule has 29 valence electrons. The normalized spacial score (nSPS) is 1.60. The van der Waals surface area contributed by atoms with Crippen molar-refractivity contribution in [3.63, 3.8) is 0 Å². The van der Waals surface area contributed by atoms with Crippen molar-refractivity contribution in [1.82, 2.24) is 0 Å². The van der Waals surface area contributed by atoms with E-state index in [1.165, 1.54) is 5.40 Å². The van der Waals surface area contributed by atoms with Gasteiger partial charge in [0.1, 0.15) is 5.40 Å². The maximum Gasteiger partial charge on any atom is 0.130 e. The molecule has 4 heteroatoms. The number of thiol groups is 1. The molecule has 0 atom stereocenters. The number of hydrogen-bond acceptors (Lipinski definition) is 2. The van der Waals surface area contributed by atoms with Gasteiger partial charge in [0.15, 0.2) is 0 Å². The third kappa shape index (κ3) is 34.3. The molecule has 0 rings (SSSR count). The number of rotatable bonds is 0. The third-order valence-electron chi connectivity index (χ3n) is 0. The van der Waals surface area contributed by atoms with E-state index in [1.807, 2.05) is 0 Å². The Bertz CT molecular complexity index is 33.1. The monoisotopic (exact) mass is 324 g/mol. The number of thiocyanates is 1. The van der Waals surface area contributed by atoms with Crippen LogP contribution in [-0.4, -0.2) is 0 Å². The van der Waals surface area contributed by atoms with E-state index in [0.29, 0.717) is 0 Å². The zero-order chi connectivity index (χ0) is 2.71. The first-order valence-corrected chi connectivity index (χ1v) is 0.894. The molecule has 0 aliphatic rings. The molecule has 0 amide bonds. The second kappa shape index (κ2) is 18.5. The third-order valence-corrected chi connectivity index (χ3v) is 0. The molecule has 0 spiro atoms. The predicted octanol–water partition coefficient (Wildman–Crippen LogP) is 0.392. The van der Waals surface area contributed by atoms with Crippen molar-refractivity contribution >= 4 is 12.6 Å². The standard InChI is InChI=1S/CHNS.Cu.Hg/c2-1-3;;/h3H;;. The first kappa shape index (κ1) is 16.3. The van der Waals surface area contributed by atoms with Crippen LogP contribution in [0.1, 0.15) is 0 Å². The van der Waals surface area contributed by atoms with Crippen LogP contribution in [0.4, 0.5) is 0 Å². The van der Waals surface area contributed by atoms with Gasteiger partial charge >= 0.3 is 0 Å². The minimum atomic E-state index is 0. The quantitative estimate of drug-likeness (QED) is 0.389. The number of nitriles is 1. The van der Waals surface area contributed by atoms with Gasteiger partial charge in [-0.2, -0.15) is 5.26 Å². The van der Waals surface area contributed by atoms with Crippen LogP contribution in [0.15, 0.2) is 0 Å². The Morgan fingerprint density at radius 2 is 1.60 bits per heavy atom. The van der Waals surface area contributed by atoms with Crippen molar-refractivity contribution in [1.29, 1.82) is 5.26 Å². The molecule has 0 aromatic heterocycles. The van der Waals surface area contributed by atoms with Gasteiger partial charge in [0.2, 0.25) is 0 Å². The molecule has 0 bridgehead atoms. The Hall–Kier alpha value is 1.29. The number of nitrogens with zero attached hydrogens (tertiary/aromatic N) is 1. The summed E-state index contributed by atoms with van der Waals surface area (Å²) in [6.45, 7) is 0. The Balaban J connectivity index is -0.0000000200. The Labute approximate surface area is 67.5 Å². The van der Waals surface area contributed by atoms with Crippen LogP contribution >= 0.6 is 12.6 Å². The van der Waals surface area contributed by atoms with Gasteiger partial charge < -0.3 is 0 Å². The maximum absolute atomic E-state index is 7.18. The van der Waals surface area contributed by atoms with Crippen LogP contribution in [0.5, 0.6) is 0 Å². The summed E-state index contributed by atoms with van der Waals surface area (Å²) in [7, 11) is 0. The van der Waals surface area contributed by atoms with E-state index in [1.54, 1.807) is 0 Å². The minimum absolute atomic E-state index is 0. The molecule has 1 radical (unpaired) electrons. The molecule has 0 aliphatic heterocycles. The summed E-state index contributed by atoms with van der Waals surface area (Å²) in [4.78, 5) is 0. The topological polar surface area (TPSA) is 23.8 Å². The average Bonchev–Trinajstić information content (AvgIpc) is 0.918. The minimum Gasteiger partial charge on any atom is -0.185 e. The summed E-state index contributed by atoms with van der Waals surface area (Å²) in [6.07, 6.45) is 0. The van der Waals surface area contributed by atoms with Gasteiger partial charge in [-0.1, -0.05) is 12.6 Å². The molecular formula is CHCuHgNS. The summed E-state index contributed by atoms with van der Waals surface area (Å²) in [6, 6.07) is 0. The molecule has 0 aromatic rings. The molecule has 0 fully saturated rings. The van der Waals surface area contributed by atoms with Crippen LogP contribution in [0, 0.1) is 10.7 Å². The molecular weight excluding hydrogens is 322 g/mol. The largest absolute Gasteiger partial charge is 0.185 e. The molecule has 0 unspecified atom stereocenters. The molecule has 0 aromatic carbocycles. The van der Waals surface area contributed by atoms with E-state index in [4.69, 9.17) is 5.26 Å². The molecule has 0 aliphatic carbocycles. The molecule has 1 nitrogen and oxygen atoms in total. The zero-order valence-corrected chi connectivity index (χ0v) is 9.74. The van der Waals surface area contributed by atoms with Crippen molar-refractivity contribution < 1.29 is 44.7 Å². The summed E-state index contributed by atoms with van der Waals surface area (Å²) in [5, 5.41) is 8.63. The van der Waals surface area contributed by atoms with Gasteiger partial charge in [0.05, 0.1) is 0 Å². The molecule has 0 saturated carbocycles. The van der Waals surface area contributed by atoms with E-state index in [9.17, 15) is 0 Å². The fourth-order valence-corrected chi connectivity index (χ4v) is 0. The van der Waals surface area contributed by atoms with Crippen molar-refractivity contribution in [3.8, 4) is 5.40 Å². The van der Waals surface area contributed by atoms with Crippen LogP contribution in [-0.2, 0) is 44.7 Å². The Morgan fingerprint density at radius 1 is 1.60 bits per heavy atom. The number of hydrogen-bond donors (Lipinski definition) is 1. The zero-order valence-electron chi connectivity index (χ0n) is 2.40. The van der Waals surface area contributed by atoms with Gasteiger partial charge in [-0.3, -0.25) is 0 Å². The first-order chi connectivity index (χ1) is 1.41.